The molecule has 0 bridgehead atoms. The molecule has 0 radical (unpaired) electrons. The number of aromatic nitrogens is 2. The maximum atomic E-state index is 12.2. The van der Waals surface area contributed by atoms with Gasteiger partial charge >= 0.3 is 5.97 Å². The van der Waals surface area contributed by atoms with Crippen molar-refractivity contribution in [2.75, 3.05) is 18.5 Å². The van der Waals surface area contributed by atoms with Gasteiger partial charge in [0.2, 0.25) is 0 Å². The molecule has 8 nitrogen and oxygen atoms in total. The minimum Gasteiger partial charge on any atom is -0.464 e. The van der Waals surface area contributed by atoms with Gasteiger partial charge in [0.15, 0.2) is 5.03 Å². The largest absolute Gasteiger partial charge is 0.464 e. The summed E-state index contributed by atoms with van der Waals surface area (Å²) in [6, 6.07) is 9.79. The molecule has 0 aromatic carbocycles. The van der Waals surface area contributed by atoms with Gasteiger partial charge in [-0.25, -0.2) is 23.1 Å². The molecule has 2 heterocycles. The fourth-order valence-electron chi connectivity index (χ4n) is 2.35. The smallest absolute Gasteiger partial charge is 0.325 e. The topological polar surface area (TPSA) is 110 Å². The van der Waals surface area contributed by atoms with Crippen LogP contribution < -0.4 is 10.0 Å². The summed E-state index contributed by atoms with van der Waals surface area (Å²) in [4.78, 5) is 19.9. The molecule has 0 spiro atoms. The van der Waals surface area contributed by atoms with Crippen molar-refractivity contribution in [1.29, 1.82) is 0 Å². The summed E-state index contributed by atoms with van der Waals surface area (Å²) in [5, 5.41) is 2.84. The molecule has 0 aliphatic carbocycles. The quantitative estimate of drug-likeness (QED) is 0.411. The van der Waals surface area contributed by atoms with Gasteiger partial charge in [-0.05, 0) is 30.7 Å². The Balaban J connectivity index is 1.79. The van der Waals surface area contributed by atoms with Crippen LogP contribution >= 0.6 is 0 Å². The van der Waals surface area contributed by atoms with Gasteiger partial charge in [-0.15, -0.1) is 0 Å². The van der Waals surface area contributed by atoms with E-state index in [1.54, 1.807) is 30.3 Å². The van der Waals surface area contributed by atoms with E-state index >= 15 is 0 Å². The summed E-state index contributed by atoms with van der Waals surface area (Å²) in [5.74, 6) is 0.122. The lowest BCUT2D eigenvalue weighted by atomic mass is 10.2. The molecule has 0 aliphatic rings. The number of nitrogens with one attached hydrogen (secondary N) is 2. The minimum atomic E-state index is -3.71. The second kappa shape index (κ2) is 11.4. The van der Waals surface area contributed by atoms with Crippen LogP contribution in [0.2, 0.25) is 0 Å². The molecular weight excluding hydrogens is 380 g/mol. The summed E-state index contributed by atoms with van der Waals surface area (Å²) >= 11 is 0. The Morgan fingerprint density at radius 2 is 1.96 bits per heavy atom. The Bertz CT molecular complexity index is 844. The van der Waals surface area contributed by atoms with Crippen molar-refractivity contribution in [3.63, 3.8) is 0 Å². The number of hydrogen-bond acceptors (Lipinski definition) is 7. The lowest BCUT2D eigenvalue weighted by molar-refractivity contribution is -0.141. The van der Waals surface area contributed by atoms with E-state index in [2.05, 4.69) is 26.9 Å². The fourth-order valence-corrected chi connectivity index (χ4v) is 3.30. The predicted octanol–water partition coefficient (Wildman–Crippen LogP) is 2.49. The van der Waals surface area contributed by atoms with Crippen molar-refractivity contribution in [3.05, 3.63) is 48.3 Å². The Morgan fingerprint density at radius 3 is 2.71 bits per heavy atom. The number of hydrogen-bond donors (Lipinski definition) is 2. The molecule has 2 aromatic rings. The lowest BCUT2D eigenvalue weighted by Gasteiger charge is -2.09. The number of esters is 1. The van der Waals surface area contributed by atoms with Crippen LogP contribution in [0.1, 0.15) is 38.3 Å². The van der Waals surface area contributed by atoms with Crippen molar-refractivity contribution in [2.45, 2.75) is 44.2 Å². The average molecular weight is 407 g/mol. The van der Waals surface area contributed by atoms with E-state index < -0.39 is 10.0 Å². The highest BCUT2D eigenvalue weighted by Gasteiger charge is 2.15. The first kappa shape index (κ1) is 21.8. The second-order valence-electron chi connectivity index (χ2n) is 6.14. The lowest BCUT2D eigenvalue weighted by Crippen LogP contribution is -2.24. The molecule has 0 saturated carbocycles. The van der Waals surface area contributed by atoms with Crippen LogP contribution in [0.3, 0.4) is 0 Å². The van der Waals surface area contributed by atoms with Crippen molar-refractivity contribution in [1.82, 2.24) is 14.7 Å². The normalized spacial score (nSPS) is 11.2. The Kier molecular flexibility index (Phi) is 8.83. The molecule has 0 aliphatic heterocycles. The van der Waals surface area contributed by atoms with Crippen LogP contribution in [0.5, 0.6) is 0 Å². The molecular formula is C19H26N4O4S. The summed E-state index contributed by atoms with van der Waals surface area (Å²) in [7, 11) is -3.71. The van der Waals surface area contributed by atoms with E-state index in [0.717, 1.165) is 25.7 Å². The zero-order valence-corrected chi connectivity index (χ0v) is 16.7. The third kappa shape index (κ3) is 7.61. The number of pyridine rings is 2. The number of anilines is 1. The highest BCUT2D eigenvalue weighted by molar-refractivity contribution is 7.89. The molecule has 0 atom stereocenters. The zero-order valence-electron chi connectivity index (χ0n) is 15.9. The highest BCUT2D eigenvalue weighted by atomic mass is 32.2. The predicted molar refractivity (Wildman–Crippen MR) is 106 cm³/mol. The van der Waals surface area contributed by atoms with Crippen LogP contribution in [0.4, 0.5) is 5.82 Å². The number of rotatable bonds is 12. The third-order valence-corrected chi connectivity index (χ3v) is 5.15. The molecule has 2 N–H and O–H groups in total. The first-order chi connectivity index (χ1) is 13.5. The summed E-state index contributed by atoms with van der Waals surface area (Å²) in [6.07, 6.45) is 5.60. The van der Waals surface area contributed by atoms with Crippen molar-refractivity contribution < 1.29 is 17.9 Å². The van der Waals surface area contributed by atoms with E-state index in [0.29, 0.717) is 18.1 Å². The molecule has 28 heavy (non-hydrogen) atoms. The van der Waals surface area contributed by atoms with E-state index in [9.17, 15) is 13.2 Å². The zero-order chi connectivity index (χ0) is 20.2. The molecule has 0 unspecified atom stereocenters. The van der Waals surface area contributed by atoms with Crippen LogP contribution in [0, 0.1) is 0 Å². The summed E-state index contributed by atoms with van der Waals surface area (Å²) in [5.41, 5.74) is 0.512. The van der Waals surface area contributed by atoms with Gasteiger partial charge < -0.3 is 10.1 Å². The van der Waals surface area contributed by atoms with Gasteiger partial charge in [0.1, 0.15) is 12.4 Å². The summed E-state index contributed by atoms with van der Waals surface area (Å²) < 4.78 is 32.0. The van der Waals surface area contributed by atoms with Crippen molar-refractivity contribution in [3.8, 4) is 0 Å². The first-order valence-electron chi connectivity index (χ1n) is 9.27. The van der Waals surface area contributed by atoms with Gasteiger partial charge in [-0.3, -0.25) is 4.79 Å². The van der Waals surface area contributed by atoms with E-state index in [4.69, 9.17) is 4.74 Å². The van der Waals surface area contributed by atoms with Crippen molar-refractivity contribution >= 4 is 21.8 Å². The number of ether oxygens (including phenoxy) is 1. The molecule has 0 saturated heterocycles. The standard InChI is InChI=1S/C19H26N4O4S/c1-2-3-4-7-13-27-19(24)15-21-17-10-8-9-16(23-17)14-22-28(25,26)18-11-5-6-12-20-18/h5-6,8-12,22H,2-4,7,13-15H2,1H3,(H,21,23). The molecule has 0 amide bonds. The van der Waals surface area contributed by atoms with Crippen molar-refractivity contribution in [2.24, 2.45) is 0 Å². The van der Waals surface area contributed by atoms with Crippen LogP contribution in [0.25, 0.3) is 0 Å². The van der Waals surface area contributed by atoms with Gasteiger partial charge in [-0.1, -0.05) is 38.3 Å². The average Bonchev–Trinajstić information content (AvgIpc) is 2.72. The van der Waals surface area contributed by atoms with Crippen LogP contribution in [-0.4, -0.2) is 37.5 Å². The van der Waals surface area contributed by atoms with E-state index in [-0.39, 0.29) is 24.1 Å². The van der Waals surface area contributed by atoms with Gasteiger partial charge in [-0.2, -0.15) is 0 Å². The highest BCUT2D eigenvalue weighted by Crippen LogP contribution is 2.08. The second-order valence-corrected chi connectivity index (χ2v) is 7.86. The number of carbonyl (C=O) groups is 1. The summed E-state index contributed by atoms with van der Waals surface area (Å²) in [6.45, 7) is 2.56. The minimum absolute atomic E-state index is 0.00386. The van der Waals surface area contributed by atoms with Crippen LogP contribution in [-0.2, 0) is 26.1 Å². The SMILES string of the molecule is CCCCCCOC(=O)CNc1cccc(CNS(=O)(=O)c2ccccn2)n1. The number of nitrogens with zero attached hydrogens (tertiary/aromatic N) is 2. The third-order valence-electron chi connectivity index (χ3n) is 3.84. The molecule has 0 fully saturated rings. The maximum Gasteiger partial charge on any atom is 0.325 e. The molecule has 2 aromatic heterocycles. The van der Waals surface area contributed by atoms with E-state index in [1.165, 1.54) is 12.3 Å². The Labute approximate surface area is 165 Å². The maximum absolute atomic E-state index is 12.2. The molecule has 9 heteroatoms. The van der Waals surface area contributed by atoms with Gasteiger partial charge in [0, 0.05) is 6.20 Å². The Hall–Kier alpha value is -2.52. The van der Waals surface area contributed by atoms with E-state index in [1.807, 2.05) is 0 Å². The van der Waals surface area contributed by atoms with Gasteiger partial charge in [0.05, 0.1) is 18.8 Å². The number of sulfonamides is 1. The van der Waals surface area contributed by atoms with Gasteiger partial charge in [0.25, 0.3) is 10.0 Å². The fraction of sp³-hybridized carbons (Fsp3) is 0.421. The number of unbranched alkanes of at least 4 members (excludes halogenated alkanes) is 3. The Morgan fingerprint density at radius 1 is 1.11 bits per heavy atom. The number of carbonyl (C=O) groups excluding carboxylic acids is 1. The van der Waals surface area contributed by atoms with Crippen LogP contribution in [0.15, 0.2) is 47.6 Å². The molecule has 2 rings (SSSR count). The monoisotopic (exact) mass is 406 g/mol. The first-order valence-corrected chi connectivity index (χ1v) is 10.8. The molecule has 152 valence electrons.